The molecule has 2 heterocycles. The standard InChI is InChI=1S/C23H26N2O3/c1-2-18(14-17-11-12-20-21(15-17)28-16-27-20)23(26)25(19-8-4-3-5-9-19)22-10-6-7-13-24-22/h6-7,10-15,19H,2-5,8-9,16H2,1H3/b18-14+. The van der Waals surface area contributed by atoms with Gasteiger partial charge in [0.1, 0.15) is 5.82 Å². The van der Waals surface area contributed by atoms with E-state index in [9.17, 15) is 4.79 Å². The van der Waals surface area contributed by atoms with Gasteiger partial charge in [0.15, 0.2) is 11.5 Å². The van der Waals surface area contributed by atoms with Crippen LogP contribution >= 0.6 is 0 Å². The van der Waals surface area contributed by atoms with Gasteiger partial charge in [0.25, 0.3) is 5.91 Å². The molecule has 1 aliphatic carbocycles. The summed E-state index contributed by atoms with van der Waals surface area (Å²) in [4.78, 5) is 20.0. The summed E-state index contributed by atoms with van der Waals surface area (Å²) in [6.45, 7) is 2.27. The van der Waals surface area contributed by atoms with Crippen LogP contribution in [0.2, 0.25) is 0 Å². The van der Waals surface area contributed by atoms with Crippen LogP contribution in [0.4, 0.5) is 5.82 Å². The van der Waals surface area contributed by atoms with Crippen LogP contribution in [-0.2, 0) is 4.79 Å². The average molecular weight is 378 g/mol. The minimum Gasteiger partial charge on any atom is -0.454 e. The molecule has 5 heteroatoms. The van der Waals surface area contributed by atoms with Gasteiger partial charge in [-0.1, -0.05) is 38.3 Å². The van der Waals surface area contributed by atoms with E-state index in [-0.39, 0.29) is 18.7 Å². The summed E-state index contributed by atoms with van der Waals surface area (Å²) < 4.78 is 10.9. The Morgan fingerprint density at radius 3 is 2.71 bits per heavy atom. The number of pyridine rings is 1. The molecule has 1 saturated carbocycles. The zero-order chi connectivity index (χ0) is 19.3. The highest BCUT2D eigenvalue weighted by Gasteiger charge is 2.29. The average Bonchev–Trinajstić information content (AvgIpc) is 3.21. The topological polar surface area (TPSA) is 51.7 Å². The summed E-state index contributed by atoms with van der Waals surface area (Å²) in [5, 5.41) is 0. The molecule has 1 fully saturated rings. The van der Waals surface area contributed by atoms with Crippen molar-refractivity contribution in [2.45, 2.75) is 51.5 Å². The van der Waals surface area contributed by atoms with Gasteiger partial charge in [-0.3, -0.25) is 9.69 Å². The third-order valence-electron chi connectivity index (χ3n) is 5.45. The Hall–Kier alpha value is -2.82. The summed E-state index contributed by atoms with van der Waals surface area (Å²) in [6, 6.07) is 11.8. The maximum atomic E-state index is 13.6. The first-order valence-corrected chi connectivity index (χ1v) is 10.1. The first-order valence-electron chi connectivity index (χ1n) is 10.1. The number of benzene rings is 1. The lowest BCUT2D eigenvalue weighted by atomic mass is 9.93. The molecule has 28 heavy (non-hydrogen) atoms. The zero-order valence-corrected chi connectivity index (χ0v) is 16.3. The number of ether oxygens (including phenoxy) is 2. The van der Waals surface area contributed by atoms with Gasteiger partial charge in [0.05, 0.1) is 0 Å². The van der Waals surface area contributed by atoms with Crippen molar-refractivity contribution in [2.75, 3.05) is 11.7 Å². The van der Waals surface area contributed by atoms with Gasteiger partial charge in [-0.05, 0) is 55.2 Å². The number of hydrogen-bond donors (Lipinski definition) is 0. The van der Waals surface area contributed by atoms with E-state index in [2.05, 4.69) is 4.98 Å². The molecule has 146 valence electrons. The first-order chi connectivity index (χ1) is 13.8. The highest BCUT2D eigenvalue weighted by molar-refractivity contribution is 6.08. The second-order valence-corrected chi connectivity index (χ2v) is 7.29. The van der Waals surface area contributed by atoms with Crippen molar-refractivity contribution in [3.05, 3.63) is 53.7 Å². The van der Waals surface area contributed by atoms with Gasteiger partial charge in [-0.15, -0.1) is 0 Å². The lowest BCUT2D eigenvalue weighted by molar-refractivity contribution is -0.115. The van der Waals surface area contributed by atoms with Crippen molar-refractivity contribution in [1.82, 2.24) is 4.98 Å². The molecule has 0 atom stereocenters. The van der Waals surface area contributed by atoms with Gasteiger partial charge >= 0.3 is 0 Å². The summed E-state index contributed by atoms with van der Waals surface area (Å²) in [5.41, 5.74) is 1.72. The van der Waals surface area contributed by atoms with Crippen LogP contribution in [0, 0.1) is 0 Å². The van der Waals surface area contributed by atoms with Crippen molar-refractivity contribution in [3.8, 4) is 11.5 Å². The number of nitrogens with zero attached hydrogens (tertiary/aromatic N) is 2. The predicted molar refractivity (Wildman–Crippen MR) is 109 cm³/mol. The largest absolute Gasteiger partial charge is 0.454 e. The summed E-state index contributed by atoms with van der Waals surface area (Å²) in [5.74, 6) is 2.26. The Morgan fingerprint density at radius 1 is 1.14 bits per heavy atom. The van der Waals surface area contributed by atoms with Crippen LogP contribution in [-0.4, -0.2) is 23.7 Å². The van der Waals surface area contributed by atoms with Crippen molar-refractivity contribution in [2.24, 2.45) is 0 Å². The van der Waals surface area contributed by atoms with Crippen LogP contribution in [0.15, 0.2) is 48.2 Å². The molecule has 0 N–H and O–H groups in total. The SMILES string of the molecule is CC/C(=C\c1ccc2c(c1)OCO2)C(=O)N(c1ccccn1)C1CCCCC1. The molecule has 0 bridgehead atoms. The number of rotatable bonds is 5. The Morgan fingerprint density at radius 2 is 1.96 bits per heavy atom. The quantitative estimate of drug-likeness (QED) is 0.689. The third-order valence-corrected chi connectivity index (χ3v) is 5.45. The summed E-state index contributed by atoms with van der Waals surface area (Å²) in [7, 11) is 0. The van der Waals surface area contributed by atoms with Gasteiger partial charge in [-0.25, -0.2) is 4.98 Å². The fourth-order valence-corrected chi connectivity index (χ4v) is 3.97. The summed E-state index contributed by atoms with van der Waals surface area (Å²) >= 11 is 0. The highest BCUT2D eigenvalue weighted by Crippen LogP contribution is 2.34. The van der Waals surface area contributed by atoms with Crippen LogP contribution in [0.1, 0.15) is 51.0 Å². The second-order valence-electron chi connectivity index (χ2n) is 7.29. The van der Waals surface area contributed by atoms with Crippen molar-refractivity contribution >= 4 is 17.8 Å². The molecular weight excluding hydrogens is 352 g/mol. The van der Waals surface area contributed by atoms with Crippen LogP contribution in [0.25, 0.3) is 6.08 Å². The molecule has 1 aromatic heterocycles. The molecular formula is C23H26N2O3. The Kier molecular flexibility index (Phi) is 5.60. The van der Waals surface area contributed by atoms with E-state index >= 15 is 0 Å². The minimum atomic E-state index is 0.0470. The fourth-order valence-electron chi connectivity index (χ4n) is 3.97. The molecule has 1 aromatic carbocycles. The Balaban J connectivity index is 1.65. The number of carbonyl (C=O) groups is 1. The molecule has 0 radical (unpaired) electrons. The third kappa shape index (κ3) is 3.88. The van der Waals surface area contributed by atoms with E-state index in [1.54, 1.807) is 6.20 Å². The molecule has 0 unspecified atom stereocenters. The first kappa shape index (κ1) is 18.5. The van der Waals surface area contributed by atoms with Crippen LogP contribution in [0.5, 0.6) is 11.5 Å². The lowest BCUT2D eigenvalue weighted by Gasteiger charge is -2.34. The summed E-state index contributed by atoms with van der Waals surface area (Å²) in [6.07, 6.45) is 10.0. The zero-order valence-electron chi connectivity index (χ0n) is 16.3. The van der Waals surface area contributed by atoms with Gasteiger partial charge in [-0.2, -0.15) is 0 Å². The molecule has 1 aliphatic heterocycles. The number of aromatic nitrogens is 1. The van der Waals surface area contributed by atoms with Crippen molar-refractivity contribution in [1.29, 1.82) is 0 Å². The molecule has 2 aliphatic rings. The number of amides is 1. The maximum Gasteiger partial charge on any atom is 0.255 e. The van der Waals surface area contributed by atoms with Gasteiger partial charge in [0.2, 0.25) is 6.79 Å². The maximum absolute atomic E-state index is 13.6. The lowest BCUT2D eigenvalue weighted by Crippen LogP contribution is -2.42. The number of anilines is 1. The monoisotopic (exact) mass is 378 g/mol. The molecule has 0 spiro atoms. The molecule has 5 nitrogen and oxygen atoms in total. The predicted octanol–water partition coefficient (Wildman–Crippen LogP) is 4.97. The molecule has 2 aromatic rings. The Labute approximate surface area is 166 Å². The van der Waals surface area contributed by atoms with E-state index < -0.39 is 0 Å². The van der Waals surface area contributed by atoms with E-state index in [1.165, 1.54) is 6.42 Å². The normalized spacial score (nSPS) is 16.8. The van der Waals surface area contributed by atoms with Crippen molar-refractivity contribution in [3.63, 3.8) is 0 Å². The van der Waals surface area contributed by atoms with Gasteiger partial charge in [0, 0.05) is 17.8 Å². The number of fused-ring (bicyclic) bond motifs is 1. The van der Waals surface area contributed by atoms with Gasteiger partial charge < -0.3 is 9.47 Å². The molecule has 0 saturated heterocycles. The minimum absolute atomic E-state index is 0.0470. The van der Waals surface area contributed by atoms with E-state index in [4.69, 9.17) is 9.47 Å². The smallest absolute Gasteiger partial charge is 0.255 e. The number of hydrogen-bond acceptors (Lipinski definition) is 4. The molecule has 4 rings (SSSR count). The van der Waals surface area contributed by atoms with E-state index in [0.717, 1.165) is 54.1 Å². The number of carbonyl (C=O) groups excluding carboxylic acids is 1. The van der Waals surface area contributed by atoms with Crippen molar-refractivity contribution < 1.29 is 14.3 Å². The second kappa shape index (κ2) is 8.46. The van der Waals surface area contributed by atoms with E-state index in [0.29, 0.717) is 6.42 Å². The van der Waals surface area contributed by atoms with Crippen LogP contribution < -0.4 is 14.4 Å². The molecule has 1 amide bonds. The Bertz CT molecular complexity index is 857. The van der Waals surface area contributed by atoms with E-state index in [1.807, 2.05) is 54.3 Å². The highest BCUT2D eigenvalue weighted by atomic mass is 16.7. The fraction of sp³-hybridized carbons (Fsp3) is 0.391. The van der Waals surface area contributed by atoms with Crippen LogP contribution in [0.3, 0.4) is 0 Å².